The predicted octanol–water partition coefficient (Wildman–Crippen LogP) is 4.12. The molecule has 0 saturated carbocycles. The molecular weight excluding hydrogens is 338 g/mol. The zero-order valence-electron chi connectivity index (χ0n) is 13.4. The van der Waals surface area contributed by atoms with Crippen molar-refractivity contribution in [3.05, 3.63) is 41.6 Å². The number of rotatable bonds is 3. The second kappa shape index (κ2) is 6.85. The highest BCUT2D eigenvalue weighted by Crippen LogP contribution is 2.32. The molecule has 1 amide bonds. The molecule has 3 rings (SSSR count). The molecule has 1 saturated heterocycles. The van der Waals surface area contributed by atoms with Gasteiger partial charge in [-0.1, -0.05) is 12.1 Å². The lowest BCUT2D eigenvalue weighted by Gasteiger charge is -2.26. The van der Waals surface area contributed by atoms with Crippen LogP contribution in [0.2, 0.25) is 0 Å². The average molecular weight is 355 g/mol. The van der Waals surface area contributed by atoms with Crippen LogP contribution < -0.4 is 0 Å². The molecule has 25 heavy (non-hydrogen) atoms. The minimum absolute atomic E-state index is 0.0157. The first-order valence-electron chi connectivity index (χ1n) is 8.01. The Kier molecular flexibility index (Phi) is 4.78. The van der Waals surface area contributed by atoms with Crippen molar-refractivity contribution in [2.24, 2.45) is 0 Å². The summed E-state index contributed by atoms with van der Waals surface area (Å²) < 4.78 is 51.6. The number of carbonyl (C=O) groups is 1. The number of hydrogen-bond acceptors (Lipinski definition) is 2. The molecule has 0 aliphatic carbocycles. The first-order valence-corrected chi connectivity index (χ1v) is 8.01. The molecule has 8 heteroatoms. The summed E-state index contributed by atoms with van der Waals surface area (Å²) in [6, 6.07) is 6.99. The first-order chi connectivity index (χ1) is 11.9. The fourth-order valence-corrected chi connectivity index (χ4v) is 2.94. The van der Waals surface area contributed by atoms with Crippen molar-refractivity contribution < 1.29 is 22.4 Å². The second-order valence-corrected chi connectivity index (χ2v) is 5.96. The highest BCUT2D eigenvalue weighted by molar-refractivity contribution is 5.94. The van der Waals surface area contributed by atoms with E-state index in [1.54, 1.807) is 17.0 Å². The van der Waals surface area contributed by atoms with Crippen molar-refractivity contribution in [2.45, 2.75) is 32.2 Å². The Morgan fingerprint density at radius 2 is 1.72 bits per heavy atom. The Balaban J connectivity index is 1.83. The van der Waals surface area contributed by atoms with E-state index in [9.17, 15) is 22.4 Å². The standard InChI is InChI=1S/C17H17F4N3O/c18-11-24-15(17(19,20)21)10-14(22-24)12-4-6-13(7-5-12)16(25)23-8-2-1-3-9-23/h4-7,10H,1-3,8-9,11H2. The molecule has 1 aromatic carbocycles. The van der Waals surface area contributed by atoms with E-state index in [0.29, 0.717) is 11.1 Å². The number of hydrogen-bond donors (Lipinski definition) is 0. The molecule has 0 bridgehead atoms. The van der Waals surface area contributed by atoms with Crippen LogP contribution in [-0.2, 0) is 13.0 Å². The molecule has 0 spiro atoms. The molecule has 2 aromatic rings. The van der Waals surface area contributed by atoms with Gasteiger partial charge in [0.05, 0.1) is 5.69 Å². The molecule has 0 radical (unpaired) electrons. The summed E-state index contributed by atoms with van der Waals surface area (Å²) in [5.41, 5.74) is -0.250. The SMILES string of the molecule is O=C(c1ccc(-c2cc(C(F)(F)F)n(CF)n2)cc1)N1CCCCC1. The monoisotopic (exact) mass is 355 g/mol. The van der Waals surface area contributed by atoms with E-state index in [1.807, 2.05) is 0 Å². The van der Waals surface area contributed by atoms with Gasteiger partial charge >= 0.3 is 6.18 Å². The maximum Gasteiger partial charge on any atom is 0.433 e. The summed E-state index contributed by atoms with van der Waals surface area (Å²) in [4.78, 5) is 14.2. The number of benzene rings is 1. The van der Waals surface area contributed by atoms with Crippen LogP contribution in [0.4, 0.5) is 17.6 Å². The summed E-state index contributed by atoms with van der Waals surface area (Å²) in [5, 5.41) is 3.66. The van der Waals surface area contributed by atoms with E-state index in [0.717, 1.165) is 38.4 Å². The Morgan fingerprint density at radius 3 is 2.24 bits per heavy atom. The van der Waals surface area contributed by atoms with E-state index < -0.39 is 18.7 Å². The number of nitrogens with zero attached hydrogens (tertiary/aromatic N) is 3. The topological polar surface area (TPSA) is 38.1 Å². The Bertz CT molecular complexity index is 746. The number of alkyl halides is 4. The Morgan fingerprint density at radius 1 is 1.08 bits per heavy atom. The third kappa shape index (κ3) is 3.67. The highest BCUT2D eigenvalue weighted by atomic mass is 19.4. The average Bonchev–Trinajstić information content (AvgIpc) is 3.07. The number of piperidine rings is 1. The van der Waals surface area contributed by atoms with Crippen LogP contribution in [0.1, 0.15) is 35.3 Å². The van der Waals surface area contributed by atoms with Crippen LogP contribution in [0.3, 0.4) is 0 Å². The largest absolute Gasteiger partial charge is 0.433 e. The Labute approximate surface area is 142 Å². The summed E-state index contributed by atoms with van der Waals surface area (Å²) >= 11 is 0. The van der Waals surface area contributed by atoms with Gasteiger partial charge in [-0.2, -0.15) is 18.3 Å². The van der Waals surface area contributed by atoms with Gasteiger partial charge < -0.3 is 4.90 Å². The van der Waals surface area contributed by atoms with E-state index in [-0.39, 0.29) is 16.3 Å². The maximum atomic E-state index is 12.9. The van der Waals surface area contributed by atoms with Crippen molar-refractivity contribution in [3.8, 4) is 11.3 Å². The number of amides is 1. The quantitative estimate of drug-likeness (QED) is 0.777. The van der Waals surface area contributed by atoms with E-state index >= 15 is 0 Å². The van der Waals surface area contributed by atoms with Crippen LogP contribution in [0.5, 0.6) is 0 Å². The molecule has 0 atom stereocenters. The molecule has 1 aliphatic heterocycles. The zero-order chi connectivity index (χ0) is 18.0. The van der Waals surface area contributed by atoms with Crippen molar-refractivity contribution >= 4 is 5.91 Å². The van der Waals surface area contributed by atoms with Crippen molar-refractivity contribution in [1.82, 2.24) is 14.7 Å². The molecule has 1 aliphatic rings. The van der Waals surface area contributed by atoms with Crippen LogP contribution >= 0.6 is 0 Å². The highest BCUT2D eigenvalue weighted by Gasteiger charge is 2.36. The van der Waals surface area contributed by atoms with Crippen LogP contribution in [0.15, 0.2) is 30.3 Å². The Hall–Kier alpha value is -2.38. The third-order valence-corrected chi connectivity index (χ3v) is 4.25. The molecule has 0 unspecified atom stereocenters. The van der Waals surface area contributed by atoms with Crippen LogP contribution in [-0.4, -0.2) is 33.7 Å². The van der Waals surface area contributed by atoms with Gasteiger partial charge in [0.15, 0.2) is 6.80 Å². The van der Waals surface area contributed by atoms with Gasteiger partial charge in [0.2, 0.25) is 0 Å². The van der Waals surface area contributed by atoms with Gasteiger partial charge in [0.1, 0.15) is 5.69 Å². The zero-order valence-corrected chi connectivity index (χ0v) is 13.4. The smallest absolute Gasteiger partial charge is 0.339 e. The van der Waals surface area contributed by atoms with E-state index in [2.05, 4.69) is 5.10 Å². The fraction of sp³-hybridized carbons (Fsp3) is 0.412. The molecule has 1 aromatic heterocycles. The molecule has 2 heterocycles. The van der Waals surface area contributed by atoms with Crippen molar-refractivity contribution in [1.29, 1.82) is 0 Å². The van der Waals surface area contributed by atoms with Crippen LogP contribution in [0, 0.1) is 0 Å². The molecule has 134 valence electrons. The van der Waals surface area contributed by atoms with Gasteiger partial charge in [0.25, 0.3) is 5.91 Å². The summed E-state index contributed by atoms with van der Waals surface area (Å²) in [6.45, 7) is 0.0766. The normalized spacial score (nSPS) is 15.4. The molecule has 0 N–H and O–H groups in total. The second-order valence-electron chi connectivity index (χ2n) is 5.96. The first kappa shape index (κ1) is 17.4. The summed E-state index contributed by atoms with van der Waals surface area (Å²) in [7, 11) is 0. The van der Waals surface area contributed by atoms with Gasteiger partial charge in [-0.05, 0) is 37.5 Å². The predicted molar refractivity (Wildman–Crippen MR) is 83.5 cm³/mol. The minimum atomic E-state index is -4.68. The third-order valence-electron chi connectivity index (χ3n) is 4.25. The lowest BCUT2D eigenvalue weighted by molar-refractivity contribution is -0.145. The van der Waals surface area contributed by atoms with Gasteiger partial charge in [-0.3, -0.25) is 4.79 Å². The molecule has 1 fully saturated rings. The van der Waals surface area contributed by atoms with E-state index in [4.69, 9.17) is 0 Å². The van der Waals surface area contributed by atoms with E-state index in [1.165, 1.54) is 12.1 Å². The lowest BCUT2D eigenvalue weighted by atomic mass is 10.1. The van der Waals surface area contributed by atoms with Crippen molar-refractivity contribution in [3.63, 3.8) is 0 Å². The number of aromatic nitrogens is 2. The summed E-state index contributed by atoms with van der Waals surface area (Å²) in [6.07, 6.45) is -1.61. The molecular formula is C17H17F4N3O. The number of likely N-dealkylation sites (tertiary alicyclic amines) is 1. The molecule has 4 nitrogen and oxygen atoms in total. The maximum absolute atomic E-state index is 12.9. The lowest BCUT2D eigenvalue weighted by Crippen LogP contribution is -2.35. The van der Waals surface area contributed by atoms with Gasteiger partial charge in [0, 0.05) is 24.2 Å². The minimum Gasteiger partial charge on any atom is -0.339 e. The summed E-state index contributed by atoms with van der Waals surface area (Å²) in [5.74, 6) is -0.0866. The van der Waals surface area contributed by atoms with Gasteiger partial charge in [-0.25, -0.2) is 9.07 Å². The van der Waals surface area contributed by atoms with Gasteiger partial charge in [-0.15, -0.1) is 0 Å². The van der Waals surface area contributed by atoms with Crippen LogP contribution in [0.25, 0.3) is 11.3 Å². The fourth-order valence-electron chi connectivity index (χ4n) is 2.94. The number of carbonyl (C=O) groups excluding carboxylic acids is 1. The van der Waals surface area contributed by atoms with Crippen molar-refractivity contribution in [2.75, 3.05) is 13.1 Å². The number of halogens is 4.